The number of fused-ring (bicyclic) bond motifs is 1. The predicted molar refractivity (Wildman–Crippen MR) is 143 cm³/mol. The Kier molecular flexibility index (Phi) is 7.63. The van der Waals surface area contributed by atoms with Crippen LogP contribution in [0.3, 0.4) is 0 Å². The summed E-state index contributed by atoms with van der Waals surface area (Å²) in [4.78, 5) is 16.4. The summed E-state index contributed by atoms with van der Waals surface area (Å²) < 4.78 is 46.5. The first-order chi connectivity index (χ1) is 18.8. The van der Waals surface area contributed by atoms with Gasteiger partial charge in [0, 0.05) is 52.0 Å². The van der Waals surface area contributed by atoms with Crippen molar-refractivity contribution < 1.29 is 22.7 Å². The second-order valence-corrected chi connectivity index (χ2v) is 10.1. The van der Waals surface area contributed by atoms with E-state index in [-0.39, 0.29) is 11.5 Å². The fraction of sp³-hybridized carbons (Fsp3) is 0.414. The van der Waals surface area contributed by atoms with Gasteiger partial charge in [0.25, 0.3) is 5.91 Å². The highest BCUT2D eigenvalue weighted by atomic mass is 19.4. The molecule has 0 unspecified atom stereocenters. The fourth-order valence-electron chi connectivity index (χ4n) is 5.22. The lowest BCUT2D eigenvalue weighted by atomic mass is 9.87. The Hall–Kier alpha value is -3.82. The number of carbonyl (C=O) groups excluding carboxylic acids is 1. The molecule has 2 aliphatic rings. The van der Waals surface area contributed by atoms with Gasteiger partial charge in [0.05, 0.1) is 11.3 Å². The number of piperidine rings is 1. The Bertz CT molecular complexity index is 1290. The Labute approximate surface area is 226 Å². The van der Waals surface area contributed by atoms with Crippen LogP contribution >= 0.6 is 0 Å². The van der Waals surface area contributed by atoms with Crippen LogP contribution in [0, 0.1) is 0 Å². The van der Waals surface area contributed by atoms with E-state index in [4.69, 9.17) is 4.74 Å². The molecule has 5 rings (SSSR count). The van der Waals surface area contributed by atoms with E-state index in [1.165, 1.54) is 12.1 Å². The maximum atomic E-state index is 13.3. The molecule has 1 fully saturated rings. The second kappa shape index (κ2) is 11.1. The van der Waals surface area contributed by atoms with Crippen LogP contribution in [0.15, 0.2) is 60.7 Å². The third-order valence-corrected chi connectivity index (χ3v) is 7.41. The normalized spacial score (nSPS) is 16.8. The molecule has 10 heteroatoms. The Balaban J connectivity index is 1.27. The monoisotopic (exact) mass is 539 g/mol. The summed E-state index contributed by atoms with van der Waals surface area (Å²) in [7, 11) is 0. The number of aromatic nitrogens is 2. The number of nitrogens with zero attached hydrogens (tertiary/aromatic N) is 4. The van der Waals surface area contributed by atoms with Crippen LogP contribution in [0.2, 0.25) is 0 Å². The summed E-state index contributed by atoms with van der Waals surface area (Å²) in [6.45, 7) is 5.03. The second-order valence-electron chi connectivity index (χ2n) is 10.1. The topological polar surface area (TPSA) is 70.6 Å². The highest BCUT2D eigenvalue weighted by molar-refractivity contribution is 5.92. The number of carbonyl (C=O) groups is 1. The van der Waals surface area contributed by atoms with E-state index in [0.29, 0.717) is 44.0 Å². The van der Waals surface area contributed by atoms with Gasteiger partial charge in [-0.05, 0) is 48.4 Å². The smallest absolute Gasteiger partial charge is 0.416 e. The quantitative estimate of drug-likeness (QED) is 0.449. The zero-order chi connectivity index (χ0) is 27.5. The molecule has 2 aromatic carbocycles. The molecule has 0 radical (unpaired) electrons. The maximum absolute atomic E-state index is 13.3. The van der Waals surface area contributed by atoms with E-state index in [0.717, 1.165) is 49.0 Å². The summed E-state index contributed by atoms with van der Waals surface area (Å²) in [5.41, 5.74) is 0.766. The van der Waals surface area contributed by atoms with Crippen molar-refractivity contribution in [3.63, 3.8) is 0 Å². The number of para-hydroxylation sites is 2. The summed E-state index contributed by atoms with van der Waals surface area (Å²) in [6, 6.07) is 16.8. The minimum Gasteiger partial charge on any atom is -0.485 e. The zero-order valence-electron chi connectivity index (χ0n) is 21.9. The first-order valence-corrected chi connectivity index (χ1v) is 13.3. The Morgan fingerprint density at radius 2 is 1.77 bits per heavy atom. The molecule has 3 aromatic rings. The van der Waals surface area contributed by atoms with Gasteiger partial charge in [0.1, 0.15) is 11.4 Å². The Morgan fingerprint density at radius 1 is 1.00 bits per heavy atom. The average molecular weight is 540 g/mol. The van der Waals surface area contributed by atoms with Crippen LogP contribution in [0.4, 0.5) is 24.7 Å². The van der Waals surface area contributed by atoms with Gasteiger partial charge in [0.2, 0.25) is 0 Å². The lowest BCUT2D eigenvalue weighted by Crippen LogP contribution is -2.49. The van der Waals surface area contributed by atoms with Crippen LogP contribution in [0.25, 0.3) is 0 Å². The van der Waals surface area contributed by atoms with Crippen molar-refractivity contribution in [1.82, 2.24) is 15.5 Å². The van der Waals surface area contributed by atoms with Gasteiger partial charge in [-0.1, -0.05) is 31.2 Å². The van der Waals surface area contributed by atoms with Crippen molar-refractivity contribution in [2.45, 2.75) is 50.9 Å². The van der Waals surface area contributed by atoms with Crippen molar-refractivity contribution in [2.75, 3.05) is 36.0 Å². The Morgan fingerprint density at radius 3 is 2.49 bits per heavy atom. The van der Waals surface area contributed by atoms with E-state index in [1.807, 2.05) is 37.3 Å². The van der Waals surface area contributed by atoms with Crippen LogP contribution in [-0.4, -0.2) is 47.9 Å². The van der Waals surface area contributed by atoms with Crippen molar-refractivity contribution in [1.29, 1.82) is 0 Å². The molecule has 7 nitrogen and oxygen atoms in total. The lowest BCUT2D eigenvalue weighted by molar-refractivity contribution is -0.137. The number of nitrogens with one attached hydrogen (secondary N) is 1. The molecule has 0 atom stereocenters. The number of hydrogen-bond acceptors (Lipinski definition) is 6. The molecule has 0 aliphatic carbocycles. The van der Waals surface area contributed by atoms with Gasteiger partial charge >= 0.3 is 6.18 Å². The molecule has 2 aliphatic heterocycles. The first-order valence-electron chi connectivity index (χ1n) is 13.3. The van der Waals surface area contributed by atoms with Crippen LogP contribution < -0.4 is 19.9 Å². The predicted octanol–water partition coefficient (Wildman–Crippen LogP) is 5.46. The van der Waals surface area contributed by atoms with E-state index >= 15 is 0 Å². The summed E-state index contributed by atoms with van der Waals surface area (Å²) in [6.07, 6.45) is -1.25. The zero-order valence-corrected chi connectivity index (χ0v) is 21.9. The molecule has 1 amide bonds. The average Bonchev–Trinajstić information content (AvgIpc) is 3.09. The molecule has 1 aromatic heterocycles. The SMILES string of the molecule is CCCNC(=O)c1ccc(N2CCC3(CC2)CCN(Cc2cccc(C(F)(F)F)c2)c2ccccc2O3)nn1. The molecule has 0 saturated carbocycles. The molecular formula is C29H32F3N5O2. The minimum absolute atomic E-state index is 0.228. The first kappa shape index (κ1) is 26.8. The van der Waals surface area contributed by atoms with Gasteiger partial charge in [-0.2, -0.15) is 13.2 Å². The molecule has 206 valence electrons. The molecular weight excluding hydrogens is 507 g/mol. The molecule has 0 bridgehead atoms. The van der Waals surface area contributed by atoms with E-state index in [1.54, 1.807) is 12.1 Å². The van der Waals surface area contributed by atoms with E-state index in [2.05, 4.69) is 25.3 Å². The number of ether oxygens (including phenoxy) is 1. The standard InChI is InChI=1S/C29H32F3N5O2/c1-2-15-33-27(38)23-10-11-26(35-34-23)36-16-12-28(13-17-36)14-18-37(24-8-3-4-9-25(24)39-28)20-21-6-5-7-22(19-21)29(30,31)32/h3-11,19H,2,12-18,20H2,1H3,(H,33,38). The highest BCUT2D eigenvalue weighted by Gasteiger charge is 2.40. The van der Waals surface area contributed by atoms with Crippen LogP contribution in [0.1, 0.15) is 54.2 Å². The van der Waals surface area contributed by atoms with Gasteiger partial charge in [-0.3, -0.25) is 4.79 Å². The third-order valence-electron chi connectivity index (χ3n) is 7.41. The number of hydrogen-bond donors (Lipinski definition) is 1. The van der Waals surface area contributed by atoms with Crippen molar-refractivity contribution in [3.05, 3.63) is 77.5 Å². The fourth-order valence-corrected chi connectivity index (χ4v) is 5.22. The lowest BCUT2D eigenvalue weighted by Gasteiger charge is -2.41. The molecule has 1 N–H and O–H groups in total. The third kappa shape index (κ3) is 6.10. The van der Waals surface area contributed by atoms with Gasteiger partial charge in [-0.15, -0.1) is 10.2 Å². The molecule has 3 heterocycles. The van der Waals surface area contributed by atoms with Crippen LogP contribution in [0.5, 0.6) is 5.75 Å². The number of halogens is 3. The van der Waals surface area contributed by atoms with Crippen molar-refractivity contribution in [2.24, 2.45) is 0 Å². The number of benzene rings is 2. The molecule has 1 saturated heterocycles. The maximum Gasteiger partial charge on any atom is 0.416 e. The van der Waals surface area contributed by atoms with Crippen LogP contribution in [-0.2, 0) is 12.7 Å². The number of anilines is 2. The minimum atomic E-state index is -4.37. The van der Waals surface area contributed by atoms with Gasteiger partial charge in [-0.25, -0.2) is 0 Å². The molecule has 1 spiro atoms. The van der Waals surface area contributed by atoms with Gasteiger partial charge in [0.15, 0.2) is 11.5 Å². The van der Waals surface area contributed by atoms with Crippen molar-refractivity contribution >= 4 is 17.4 Å². The number of alkyl halides is 3. The van der Waals surface area contributed by atoms with E-state index < -0.39 is 11.7 Å². The van der Waals surface area contributed by atoms with Crippen molar-refractivity contribution in [3.8, 4) is 5.75 Å². The largest absolute Gasteiger partial charge is 0.485 e. The number of rotatable bonds is 6. The number of amides is 1. The summed E-state index contributed by atoms with van der Waals surface area (Å²) in [5.74, 6) is 1.24. The van der Waals surface area contributed by atoms with Gasteiger partial charge < -0.3 is 19.9 Å². The summed E-state index contributed by atoms with van der Waals surface area (Å²) in [5, 5.41) is 11.2. The highest BCUT2D eigenvalue weighted by Crippen LogP contribution is 2.41. The molecule has 39 heavy (non-hydrogen) atoms. The summed E-state index contributed by atoms with van der Waals surface area (Å²) >= 11 is 0. The van der Waals surface area contributed by atoms with E-state index in [9.17, 15) is 18.0 Å².